The van der Waals surface area contributed by atoms with Gasteiger partial charge >= 0.3 is 5.97 Å². The zero-order valence-electron chi connectivity index (χ0n) is 26.6. The van der Waals surface area contributed by atoms with Gasteiger partial charge in [0.05, 0.1) is 9.79 Å². The number of aliphatic carboxylic acids is 1. The molecule has 246 valence electrons. The number of hydrogen-bond acceptors (Lipinski definition) is 7. The van der Waals surface area contributed by atoms with E-state index in [1.165, 1.54) is 12.5 Å². The lowest BCUT2D eigenvalue weighted by Crippen LogP contribution is -2.10. The van der Waals surface area contributed by atoms with E-state index in [2.05, 4.69) is 0 Å². The van der Waals surface area contributed by atoms with Gasteiger partial charge in [-0.25, -0.2) is 21.6 Å². The summed E-state index contributed by atoms with van der Waals surface area (Å²) in [5.41, 5.74) is 7.19. The van der Waals surface area contributed by atoms with Crippen molar-refractivity contribution in [2.75, 3.05) is 25.7 Å². The van der Waals surface area contributed by atoms with Crippen LogP contribution in [-0.4, -0.2) is 53.6 Å². The molecule has 0 heterocycles. The Labute approximate surface area is 280 Å². The highest BCUT2D eigenvalue weighted by atomic mass is 32.2. The lowest BCUT2D eigenvalue weighted by atomic mass is 9.94. The summed E-state index contributed by atoms with van der Waals surface area (Å²) in [6.45, 7) is 1.63. The zero-order valence-corrected chi connectivity index (χ0v) is 28.2. The highest BCUT2D eigenvalue weighted by Crippen LogP contribution is 2.30. The minimum atomic E-state index is -3.29. The molecule has 0 saturated heterocycles. The van der Waals surface area contributed by atoms with Gasteiger partial charge in [0.1, 0.15) is 18.1 Å². The summed E-state index contributed by atoms with van der Waals surface area (Å²) in [7, 11) is -6.58. The molecule has 0 amide bonds. The Morgan fingerprint density at radius 1 is 0.625 bits per heavy atom. The molecule has 0 aliphatic carbocycles. The standard InChI is InChI=1S/C38H34O8S2/c1-26-24-33(16-21-37(26)46-25-38(39)40)45-23-22-36(31-8-4-27(5-9-31)29-12-17-34(18-13-29)47(2,41)42)32-10-6-28(7-11-32)30-14-19-35(20-15-30)48(3,43)44/h4-22,24H,23,25H2,1-3H3,(H,39,40). The van der Waals surface area contributed by atoms with Gasteiger partial charge in [0.2, 0.25) is 0 Å². The van der Waals surface area contributed by atoms with Crippen molar-refractivity contribution < 1.29 is 36.2 Å². The van der Waals surface area contributed by atoms with Gasteiger partial charge in [0, 0.05) is 12.5 Å². The van der Waals surface area contributed by atoms with Crippen LogP contribution in [0.3, 0.4) is 0 Å². The summed E-state index contributed by atoms with van der Waals surface area (Å²) < 4.78 is 58.9. The fourth-order valence-electron chi connectivity index (χ4n) is 5.11. The summed E-state index contributed by atoms with van der Waals surface area (Å²) >= 11 is 0. The number of carboxylic acid groups (broad SMARTS) is 1. The number of benzene rings is 5. The van der Waals surface area contributed by atoms with Crippen molar-refractivity contribution in [1.29, 1.82) is 0 Å². The molecule has 8 nitrogen and oxygen atoms in total. The van der Waals surface area contributed by atoms with Crippen LogP contribution in [0.1, 0.15) is 16.7 Å². The first-order valence-electron chi connectivity index (χ1n) is 14.9. The van der Waals surface area contributed by atoms with Crippen molar-refractivity contribution >= 4 is 31.2 Å². The van der Waals surface area contributed by atoms with Crippen molar-refractivity contribution in [2.24, 2.45) is 0 Å². The highest BCUT2D eigenvalue weighted by molar-refractivity contribution is 7.91. The average molecular weight is 683 g/mol. The normalized spacial score (nSPS) is 11.5. The molecule has 0 spiro atoms. The lowest BCUT2D eigenvalue weighted by Gasteiger charge is -2.13. The Balaban J connectivity index is 1.42. The van der Waals surface area contributed by atoms with Gasteiger partial charge in [-0.15, -0.1) is 0 Å². The summed E-state index contributed by atoms with van der Waals surface area (Å²) in [5, 5.41) is 8.90. The first kappa shape index (κ1) is 34.2. The fourth-order valence-corrected chi connectivity index (χ4v) is 6.37. The summed E-state index contributed by atoms with van der Waals surface area (Å²) in [4.78, 5) is 11.4. The second-order valence-corrected chi connectivity index (χ2v) is 15.3. The predicted octanol–water partition coefficient (Wildman–Crippen LogP) is 7.11. The van der Waals surface area contributed by atoms with E-state index in [9.17, 15) is 21.6 Å². The molecule has 5 aromatic carbocycles. The molecule has 0 aromatic heterocycles. The second-order valence-electron chi connectivity index (χ2n) is 11.3. The SMILES string of the molecule is Cc1cc(OCC=C(c2ccc(-c3ccc(S(C)(=O)=O)cc3)cc2)c2ccc(-c3ccc(S(C)(=O)=O)cc3)cc2)ccc1OCC(=O)O. The zero-order chi connectivity index (χ0) is 34.5. The maximum Gasteiger partial charge on any atom is 0.341 e. The molecule has 0 fully saturated rings. The van der Waals surface area contributed by atoms with Crippen LogP contribution in [0.25, 0.3) is 27.8 Å². The van der Waals surface area contributed by atoms with E-state index in [1.54, 1.807) is 66.7 Å². The molecule has 48 heavy (non-hydrogen) atoms. The number of aryl methyl sites for hydroxylation is 1. The third kappa shape index (κ3) is 8.58. The van der Waals surface area contributed by atoms with E-state index in [-0.39, 0.29) is 16.4 Å². The third-order valence-corrected chi connectivity index (χ3v) is 9.92. The van der Waals surface area contributed by atoms with Gasteiger partial charge in [-0.3, -0.25) is 0 Å². The average Bonchev–Trinajstić information content (AvgIpc) is 3.06. The van der Waals surface area contributed by atoms with Crippen molar-refractivity contribution in [3.05, 3.63) is 138 Å². The van der Waals surface area contributed by atoms with Crippen LogP contribution in [0.5, 0.6) is 11.5 Å². The van der Waals surface area contributed by atoms with Crippen molar-refractivity contribution in [3.63, 3.8) is 0 Å². The summed E-state index contributed by atoms with van der Waals surface area (Å²) in [6.07, 6.45) is 4.35. The largest absolute Gasteiger partial charge is 0.489 e. The van der Waals surface area contributed by atoms with E-state index in [0.29, 0.717) is 11.5 Å². The summed E-state index contributed by atoms with van der Waals surface area (Å²) in [5.74, 6) is 0.0211. The third-order valence-electron chi connectivity index (χ3n) is 7.66. The molecule has 0 atom stereocenters. The number of sulfone groups is 2. The van der Waals surface area contributed by atoms with Crippen molar-refractivity contribution in [1.82, 2.24) is 0 Å². The molecule has 0 unspecified atom stereocenters. The van der Waals surface area contributed by atoms with Crippen LogP contribution < -0.4 is 9.47 Å². The minimum absolute atomic E-state index is 0.244. The Hall–Kier alpha value is -5.19. The highest BCUT2D eigenvalue weighted by Gasteiger charge is 2.11. The predicted molar refractivity (Wildman–Crippen MR) is 187 cm³/mol. The number of ether oxygens (including phenoxy) is 2. The molecule has 1 N–H and O–H groups in total. The maximum atomic E-state index is 11.9. The Morgan fingerprint density at radius 2 is 1.04 bits per heavy atom. The van der Waals surface area contributed by atoms with Crippen LogP contribution in [0.2, 0.25) is 0 Å². The topological polar surface area (TPSA) is 124 Å². The smallest absolute Gasteiger partial charge is 0.341 e. The van der Waals surface area contributed by atoms with Gasteiger partial charge in [-0.05, 0) is 100.0 Å². The van der Waals surface area contributed by atoms with Crippen molar-refractivity contribution in [2.45, 2.75) is 16.7 Å². The van der Waals surface area contributed by atoms with Crippen LogP contribution in [0.4, 0.5) is 0 Å². The number of rotatable bonds is 12. The second kappa shape index (κ2) is 14.3. The van der Waals surface area contributed by atoms with Gasteiger partial charge in [0.25, 0.3) is 0 Å². The molecular weight excluding hydrogens is 649 g/mol. The Bertz CT molecular complexity index is 2050. The van der Waals surface area contributed by atoms with Crippen LogP contribution in [0.15, 0.2) is 131 Å². The van der Waals surface area contributed by atoms with E-state index in [0.717, 1.165) is 44.5 Å². The molecular formula is C38H34O8S2. The van der Waals surface area contributed by atoms with Crippen molar-refractivity contribution in [3.8, 4) is 33.8 Å². The summed E-state index contributed by atoms with van der Waals surface area (Å²) in [6, 6.07) is 34.7. The Kier molecular flexibility index (Phi) is 10.2. The first-order valence-corrected chi connectivity index (χ1v) is 18.7. The number of carboxylic acids is 1. The molecule has 0 aliphatic heterocycles. The van der Waals surface area contributed by atoms with E-state index in [4.69, 9.17) is 14.6 Å². The number of carbonyl (C=O) groups is 1. The number of hydrogen-bond donors (Lipinski definition) is 1. The molecule has 0 saturated carbocycles. The van der Waals surface area contributed by atoms with Crippen LogP contribution >= 0.6 is 0 Å². The van der Waals surface area contributed by atoms with Gasteiger partial charge in [-0.1, -0.05) is 72.8 Å². The quantitative estimate of drug-likeness (QED) is 0.148. The fraction of sp³-hybridized carbons (Fsp3) is 0.132. The Morgan fingerprint density at radius 3 is 1.42 bits per heavy atom. The van der Waals surface area contributed by atoms with Crippen LogP contribution in [-0.2, 0) is 24.5 Å². The van der Waals surface area contributed by atoms with E-state index < -0.39 is 32.3 Å². The molecule has 5 aromatic rings. The monoisotopic (exact) mass is 682 g/mol. The molecule has 5 rings (SSSR count). The lowest BCUT2D eigenvalue weighted by molar-refractivity contribution is -0.139. The van der Waals surface area contributed by atoms with Gasteiger partial charge < -0.3 is 14.6 Å². The molecule has 0 bridgehead atoms. The van der Waals surface area contributed by atoms with Gasteiger partial charge in [0.15, 0.2) is 26.3 Å². The van der Waals surface area contributed by atoms with E-state index >= 15 is 0 Å². The molecule has 0 aliphatic rings. The van der Waals surface area contributed by atoms with Crippen LogP contribution in [0, 0.1) is 6.92 Å². The van der Waals surface area contributed by atoms with E-state index in [1.807, 2.05) is 61.5 Å². The molecule has 10 heteroatoms. The van der Waals surface area contributed by atoms with Gasteiger partial charge in [-0.2, -0.15) is 0 Å². The first-order chi connectivity index (χ1) is 22.8. The maximum absolute atomic E-state index is 11.9. The minimum Gasteiger partial charge on any atom is -0.489 e. The molecule has 0 radical (unpaired) electrons.